The van der Waals surface area contributed by atoms with Crippen molar-refractivity contribution in [2.24, 2.45) is 5.16 Å². The fraction of sp³-hybridized carbons (Fsp3) is 0.300. The van der Waals surface area contributed by atoms with Crippen molar-refractivity contribution in [2.45, 2.75) is 29.6 Å². The van der Waals surface area contributed by atoms with Crippen LogP contribution in [0.25, 0.3) is 0 Å². The minimum Gasteiger partial charge on any atom is -0.543 e. The standard InChI is InChI=1S/C20H22N10O7S3/c1-6(17(33)34)37-28-11(8-5-39-19(23)25-8)14(31)27-12-15(32)29-13(18(35)36)7(3-38-16(12)29)4-40-20-26-9(21)2-10(22)30(20)24/h2,5-6,12,16H,3-4,24H2,1H3,(H8,21,22,23,25,27,31,33,34,35,36)/b28-11-/t6-,12?,16?/m0/s1. The SMILES string of the molecule is C[C@H](O/N=C(\C(=O)NC1C(=O)N2C(C(=O)[O-])=C(CSc3nc(N)cc(N)[n+]3N)CSC12)c1csc(N)n1)C(=O)O. The molecule has 0 spiro atoms. The van der Waals surface area contributed by atoms with Crippen LogP contribution in [0.4, 0.5) is 16.8 Å². The molecule has 2 amide bonds. The number of nitrogen functional groups attached to an aromatic ring is 4. The van der Waals surface area contributed by atoms with Crippen LogP contribution in [-0.2, 0) is 24.0 Å². The number of hydrogen-bond donors (Lipinski definition) is 6. The Hall–Kier alpha value is -4.30. The molecular formula is C20H22N10O7S3. The van der Waals surface area contributed by atoms with Gasteiger partial charge in [0.15, 0.2) is 10.8 Å². The highest BCUT2D eigenvalue weighted by Crippen LogP contribution is 2.41. The van der Waals surface area contributed by atoms with E-state index in [1.807, 2.05) is 0 Å². The number of amides is 2. The highest BCUT2D eigenvalue weighted by Gasteiger charge is 2.53. The number of carboxylic acid groups (broad SMARTS) is 2. The number of anilines is 3. The number of nitrogens with one attached hydrogen (secondary N) is 1. The third-order valence-electron chi connectivity index (χ3n) is 5.54. The molecule has 10 N–H and O–H groups in total. The summed E-state index contributed by atoms with van der Waals surface area (Å²) in [6.07, 6.45) is -1.38. The summed E-state index contributed by atoms with van der Waals surface area (Å²) in [6, 6.07) is 0.239. The summed E-state index contributed by atoms with van der Waals surface area (Å²) >= 11 is 3.28. The number of rotatable bonds is 10. The van der Waals surface area contributed by atoms with Gasteiger partial charge >= 0.3 is 11.1 Å². The molecule has 2 aliphatic heterocycles. The van der Waals surface area contributed by atoms with Crippen LogP contribution in [0, 0.1) is 0 Å². The first-order valence-corrected chi connectivity index (χ1v) is 14.0. The molecule has 2 aliphatic rings. The molecule has 4 heterocycles. The Labute approximate surface area is 237 Å². The zero-order valence-electron chi connectivity index (χ0n) is 20.5. The Morgan fingerprint density at radius 1 is 1.38 bits per heavy atom. The van der Waals surface area contributed by atoms with E-state index < -0.39 is 47.0 Å². The molecule has 17 nitrogen and oxygen atoms in total. The maximum atomic E-state index is 13.1. The number of nitrogens with two attached hydrogens (primary N) is 4. The lowest BCUT2D eigenvalue weighted by molar-refractivity contribution is -0.667. The molecule has 20 heteroatoms. The van der Waals surface area contributed by atoms with Crippen molar-refractivity contribution in [3.63, 3.8) is 0 Å². The van der Waals surface area contributed by atoms with Gasteiger partial charge in [0.1, 0.15) is 17.1 Å². The second-order valence-corrected chi connectivity index (χ2v) is 11.2. The van der Waals surface area contributed by atoms with Gasteiger partial charge in [0, 0.05) is 16.9 Å². The van der Waals surface area contributed by atoms with Gasteiger partial charge in [-0.15, -0.1) is 27.8 Å². The van der Waals surface area contributed by atoms with Gasteiger partial charge in [-0.25, -0.2) is 9.78 Å². The molecule has 212 valence electrons. The van der Waals surface area contributed by atoms with Crippen LogP contribution in [0.15, 0.2) is 33.0 Å². The van der Waals surface area contributed by atoms with Crippen LogP contribution in [0.5, 0.6) is 0 Å². The van der Waals surface area contributed by atoms with Crippen LogP contribution < -0.4 is 38.1 Å². The van der Waals surface area contributed by atoms with Crippen molar-refractivity contribution in [3.05, 3.63) is 28.4 Å². The van der Waals surface area contributed by atoms with Crippen LogP contribution >= 0.6 is 34.9 Å². The highest BCUT2D eigenvalue weighted by atomic mass is 32.2. The molecule has 2 aromatic rings. The molecule has 0 saturated carbocycles. The summed E-state index contributed by atoms with van der Waals surface area (Å²) in [7, 11) is 0. The number of aliphatic carboxylic acids is 2. The second-order valence-electron chi connectivity index (χ2n) is 8.24. The minimum atomic E-state index is -1.57. The van der Waals surface area contributed by atoms with E-state index in [0.717, 1.165) is 32.7 Å². The Bertz CT molecular complexity index is 1460. The molecule has 0 radical (unpaired) electrons. The van der Waals surface area contributed by atoms with Gasteiger partial charge in [0.2, 0.25) is 17.7 Å². The lowest BCUT2D eigenvalue weighted by Gasteiger charge is -2.50. The van der Waals surface area contributed by atoms with E-state index in [-0.39, 0.29) is 44.8 Å². The van der Waals surface area contributed by atoms with Crippen LogP contribution in [0.3, 0.4) is 0 Å². The van der Waals surface area contributed by atoms with E-state index >= 15 is 0 Å². The number of carbonyl (C=O) groups is 4. The number of thioether (sulfide) groups is 2. The predicted octanol–water partition coefficient (Wildman–Crippen LogP) is -3.32. The van der Waals surface area contributed by atoms with Crippen molar-refractivity contribution in [2.75, 3.05) is 34.5 Å². The zero-order valence-corrected chi connectivity index (χ0v) is 22.9. The molecule has 0 bridgehead atoms. The summed E-state index contributed by atoms with van der Waals surface area (Å²) in [5.74, 6) is 1.90. The molecule has 4 rings (SSSR count). The summed E-state index contributed by atoms with van der Waals surface area (Å²) < 4.78 is 1.09. The minimum absolute atomic E-state index is 0.0000780. The average molecular weight is 611 g/mol. The first kappa shape index (κ1) is 28.7. The normalized spacial score (nSPS) is 19.5. The number of oxime groups is 1. The number of thiazole rings is 1. The van der Waals surface area contributed by atoms with Crippen LogP contribution in [0.1, 0.15) is 12.6 Å². The Morgan fingerprint density at radius 3 is 2.73 bits per heavy atom. The maximum Gasteiger partial charge on any atom is 0.347 e. The van der Waals surface area contributed by atoms with Crippen LogP contribution in [-0.4, -0.2) is 78.5 Å². The van der Waals surface area contributed by atoms with Crippen LogP contribution in [0.2, 0.25) is 0 Å². The Balaban J connectivity index is 1.52. The molecule has 3 atom stereocenters. The van der Waals surface area contributed by atoms with E-state index in [1.54, 1.807) is 0 Å². The number of aromatic nitrogens is 3. The number of carbonyl (C=O) groups excluding carboxylic acids is 3. The van der Waals surface area contributed by atoms with Gasteiger partial charge in [-0.1, -0.05) is 10.1 Å². The first-order chi connectivity index (χ1) is 18.9. The number of nitrogens with zero attached hydrogens (tertiary/aromatic N) is 5. The second kappa shape index (κ2) is 11.4. The first-order valence-electron chi connectivity index (χ1n) is 11.1. The monoisotopic (exact) mass is 610 g/mol. The fourth-order valence-electron chi connectivity index (χ4n) is 3.55. The molecule has 2 unspecified atom stereocenters. The van der Waals surface area contributed by atoms with Crippen molar-refractivity contribution >= 4 is 81.1 Å². The van der Waals surface area contributed by atoms with Crippen molar-refractivity contribution in [3.8, 4) is 0 Å². The Kier molecular flexibility index (Phi) is 8.21. The van der Waals surface area contributed by atoms with E-state index in [9.17, 15) is 24.3 Å². The Morgan fingerprint density at radius 2 is 2.10 bits per heavy atom. The van der Waals surface area contributed by atoms with E-state index in [2.05, 4.69) is 20.4 Å². The number of β-lactam (4-membered cyclic amide) rings is 1. The van der Waals surface area contributed by atoms with Gasteiger partial charge < -0.3 is 42.4 Å². The maximum absolute atomic E-state index is 13.1. The topological polar surface area (TPSA) is 282 Å². The van der Waals surface area contributed by atoms with E-state index in [0.29, 0.717) is 5.57 Å². The smallest absolute Gasteiger partial charge is 0.347 e. The van der Waals surface area contributed by atoms with Gasteiger partial charge in [-0.2, -0.15) is 0 Å². The molecule has 0 aliphatic carbocycles. The molecule has 40 heavy (non-hydrogen) atoms. The summed E-state index contributed by atoms with van der Waals surface area (Å²) in [5.41, 5.74) is 16.8. The lowest BCUT2D eigenvalue weighted by atomic mass is 10.0. The quantitative estimate of drug-likeness (QED) is 0.0292. The molecule has 2 aromatic heterocycles. The van der Waals surface area contributed by atoms with Crippen molar-refractivity contribution in [1.29, 1.82) is 0 Å². The van der Waals surface area contributed by atoms with Crippen molar-refractivity contribution in [1.82, 2.24) is 20.2 Å². The molecular weight excluding hydrogens is 588 g/mol. The van der Waals surface area contributed by atoms with Gasteiger partial charge in [0.25, 0.3) is 11.8 Å². The number of carboxylic acids is 2. The molecule has 1 fully saturated rings. The van der Waals surface area contributed by atoms with Crippen molar-refractivity contribution < 1.29 is 38.9 Å². The molecule has 0 aromatic carbocycles. The number of hydrogen-bond acceptors (Lipinski definition) is 16. The zero-order chi connectivity index (χ0) is 29.3. The fourth-order valence-corrected chi connectivity index (χ4v) is 6.53. The number of fused-ring (bicyclic) bond motifs is 1. The average Bonchev–Trinajstić information content (AvgIpc) is 3.33. The summed E-state index contributed by atoms with van der Waals surface area (Å²) in [5, 5.41) is 28.2. The van der Waals surface area contributed by atoms with Gasteiger partial charge in [0.05, 0.1) is 17.7 Å². The largest absolute Gasteiger partial charge is 0.543 e. The highest BCUT2D eigenvalue weighted by molar-refractivity contribution is 8.01. The summed E-state index contributed by atoms with van der Waals surface area (Å²) in [6.45, 7) is 1.21. The van der Waals surface area contributed by atoms with Gasteiger partial charge in [-0.05, 0) is 24.3 Å². The van der Waals surface area contributed by atoms with E-state index in [4.69, 9.17) is 33.0 Å². The summed E-state index contributed by atoms with van der Waals surface area (Å²) in [4.78, 5) is 63.2. The predicted molar refractivity (Wildman–Crippen MR) is 142 cm³/mol. The van der Waals surface area contributed by atoms with Gasteiger partial charge in [-0.3, -0.25) is 20.3 Å². The lowest BCUT2D eigenvalue weighted by Crippen LogP contribution is -2.71. The third kappa shape index (κ3) is 5.67. The molecule has 1 saturated heterocycles. The van der Waals surface area contributed by atoms with E-state index in [1.165, 1.54) is 30.1 Å². The third-order valence-corrected chi connectivity index (χ3v) is 8.59.